The fourth-order valence-corrected chi connectivity index (χ4v) is 8.63. The number of carbonyl (C=O) groups excluding carboxylic acids is 3. The molecule has 5 heterocycles. The zero-order chi connectivity index (χ0) is 29.7. The van der Waals surface area contributed by atoms with Gasteiger partial charge in [-0.2, -0.15) is 0 Å². The Morgan fingerprint density at radius 1 is 1.24 bits per heavy atom. The van der Waals surface area contributed by atoms with Crippen LogP contribution in [0.3, 0.4) is 0 Å². The third-order valence-electron chi connectivity index (χ3n) is 10.7. The third-order valence-corrected chi connectivity index (χ3v) is 10.7. The van der Waals surface area contributed by atoms with Gasteiger partial charge >= 0.3 is 0 Å². The lowest BCUT2D eigenvalue weighted by molar-refractivity contribution is -0.322. The number of likely N-dealkylation sites (N-methyl/N-ethyl adjacent to an activating group) is 1. The predicted molar refractivity (Wildman–Crippen MR) is 156 cm³/mol. The van der Waals surface area contributed by atoms with Crippen molar-refractivity contribution in [2.45, 2.75) is 95.5 Å². The number of aromatic nitrogens is 1. The van der Waals surface area contributed by atoms with E-state index in [0.717, 1.165) is 18.4 Å². The van der Waals surface area contributed by atoms with Crippen LogP contribution >= 0.6 is 0 Å². The number of benzene rings is 1. The molecule has 10 heteroatoms. The van der Waals surface area contributed by atoms with Crippen LogP contribution < -0.4 is 5.32 Å². The molecule has 42 heavy (non-hydrogen) atoms. The monoisotopic (exact) mass is 577 g/mol. The molecule has 0 unspecified atom stereocenters. The number of hydrogen-bond acceptors (Lipinski definition) is 6. The topological polar surface area (TPSA) is 118 Å². The summed E-state index contributed by atoms with van der Waals surface area (Å²) in [4.78, 5) is 50.8. The Labute approximate surface area is 246 Å². The number of carbonyl (C=O) groups is 3. The Morgan fingerprint density at radius 2 is 2.02 bits per heavy atom. The highest BCUT2D eigenvalue weighted by Gasteiger charge is 2.72. The Bertz CT molecular complexity index is 1450. The van der Waals surface area contributed by atoms with Gasteiger partial charge in [0.15, 0.2) is 0 Å². The van der Waals surface area contributed by atoms with E-state index in [1.165, 1.54) is 21.4 Å². The number of nitrogens with zero attached hydrogens (tertiary/aromatic N) is 3. The molecule has 4 fully saturated rings. The summed E-state index contributed by atoms with van der Waals surface area (Å²) in [5, 5.41) is 16.4. The Hall–Kier alpha value is -2.95. The summed E-state index contributed by atoms with van der Waals surface area (Å²) in [5.74, 6) is -3.48. The number of likely N-dealkylation sites (tertiary alicyclic amines) is 1. The van der Waals surface area contributed by atoms with E-state index >= 15 is 0 Å². The molecule has 3 N–H and O–H groups in total. The fraction of sp³-hybridized carbons (Fsp3) is 0.656. The van der Waals surface area contributed by atoms with Crippen LogP contribution in [0.15, 0.2) is 24.4 Å². The number of nitrogens with one attached hydrogen (secondary N) is 2. The van der Waals surface area contributed by atoms with Crippen molar-refractivity contribution in [1.29, 1.82) is 0 Å². The highest BCUT2D eigenvalue weighted by atomic mass is 16.7. The molecule has 1 aliphatic carbocycles. The maximum Gasteiger partial charge on any atom is 0.281 e. The van der Waals surface area contributed by atoms with Crippen LogP contribution in [0, 0.1) is 17.8 Å². The van der Waals surface area contributed by atoms with Gasteiger partial charge in [-0.1, -0.05) is 39.8 Å². The smallest absolute Gasteiger partial charge is 0.281 e. The number of fused-ring (bicyclic) bond motifs is 5. The molecule has 2 aromatic rings. The van der Waals surface area contributed by atoms with Gasteiger partial charge < -0.3 is 25.2 Å². The van der Waals surface area contributed by atoms with E-state index in [1.54, 1.807) is 4.90 Å². The van der Waals surface area contributed by atoms with Gasteiger partial charge in [0.05, 0.1) is 5.92 Å². The quantitative estimate of drug-likeness (QED) is 0.503. The summed E-state index contributed by atoms with van der Waals surface area (Å²) in [5.41, 5.74) is 1.93. The lowest BCUT2D eigenvalue weighted by Crippen LogP contribution is -2.71. The van der Waals surface area contributed by atoms with E-state index in [9.17, 15) is 19.5 Å². The first kappa shape index (κ1) is 27.9. The zero-order valence-electron chi connectivity index (χ0n) is 25.2. The summed E-state index contributed by atoms with van der Waals surface area (Å²) in [7, 11) is 2.07. The minimum atomic E-state index is -1.99. The van der Waals surface area contributed by atoms with Crippen LogP contribution in [0.1, 0.15) is 70.4 Å². The van der Waals surface area contributed by atoms with Crippen LogP contribution in [0.5, 0.6) is 0 Å². The highest BCUT2D eigenvalue weighted by molar-refractivity contribution is 5.97. The number of amides is 3. The minimum Gasteiger partial charge on any atom is -0.361 e. The molecule has 3 amide bonds. The number of H-pyrrole nitrogens is 1. The molecule has 0 saturated carbocycles. The van der Waals surface area contributed by atoms with E-state index in [1.807, 2.05) is 27.7 Å². The molecule has 0 spiro atoms. The van der Waals surface area contributed by atoms with Crippen molar-refractivity contribution >= 4 is 28.6 Å². The molecule has 1 aromatic carbocycles. The maximum atomic E-state index is 14.4. The molecule has 4 saturated heterocycles. The first-order valence-electron chi connectivity index (χ1n) is 15.6. The van der Waals surface area contributed by atoms with Crippen LogP contribution in [-0.4, -0.2) is 92.4 Å². The van der Waals surface area contributed by atoms with Crippen molar-refractivity contribution in [3.8, 4) is 0 Å². The molecule has 1 aromatic heterocycles. The molecular weight excluding hydrogens is 534 g/mol. The maximum absolute atomic E-state index is 14.4. The Morgan fingerprint density at radius 3 is 2.76 bits per heavy atom. The lowest BCUT2D eigenvalue weighted by atomic mass is 9.72. The van der Waals surface area contributed by atoms with Gasteiger partial charge in [0, 0.05) is 48.1 Å². The molecule has 7 atom stereocenters. The lowest BCUT2D eigenvalue weighted by Gasteiger charge is -2.49. The molecule has 0 radical (unpaired) electrons. The summed E-state index contributed by atoms with van der Waals surface area (Å²) in [6.45, 7) is 8.73. The zero-order valence-corrected chi connectivity index (χ0v) is 25.2. The number of piperazine rings is 1. The first-order chi connectivity index (χ1) is 20.0. The second-order valence-corrected chi connectivity index (χ2v) is 14.0. The van der Waals surface area contributed by atoms with Gasteiger partial charge in [-0.25, -0.2) is 0 Å². The van der Waals surface area contributed by atoms with Gasteiger partial charge in [-0.05, 0) is 62.3 Å². The average Bonchev–Trinajstić information content (AvgIpc) is 3.65. The number of aromatic amines is 1. The van der Waals surface area contributed by atoms with E-state index in [2.05, 4.69) is 46.6 Å². The van der Waals surface area contributed by atoms with Crippen molar-refractivity contribution in [3.63, 3.8) is 0 Å². The van der Waals surface area contributed by atoms with Crippen LogP contribution in [0.4, 0.5) is 0 Å². The molecule has 7 rings (SSSR count). The summed E-state index contributed by atoms with van der Waals surface area (Å²) in [6, 6.07) is 5.13. The van der Waals surface area contributed by atoms with Gasteiger partial charge in [0.25, 0.3) is 11.8 Å². The second kappa shape index (κ2) is 9.53. The van der Waals surface area contributed by atoms with Gasteiger partial charge in [0.2, 0.25) is 17.5 Å². The third kappa shape index (κ3) is 3.77. The number of aliphatic hydroxyl groups is 1. The first-order valence-corrected chi connectivity index (χ1v) is 15.6. The number of rotatable bonds is 5. The summed E-state index contributed by atoms with van der Waals surface area (Å²) >= 11 is 0. The van der Waals surface area contributed by atoms with E-state index in [4.69, 9.17) is 4.74 Å². The van der Waals surface area contributed by atoms with Gasteiger partial charge in [-0.15, -0.1) is 0 Å². The van der Waals surface area contributed by atoms with Crippen LogP contribution in [0.2, 0.25) is 0 Å². The van der Waals surface area contributed by atoms with E-state index in [0.29, 0.717) is 32.4 Å². The predicted octanol–water partition coefficient (Wildman–Crippen LogP) is 2.52. The highest BCUT2D eigenvalue weighted by Crippen LogP contribution is 2.49. The average molecular weight is 578 g/mol. The largest absolute Gasteiger partial charge is 0.361 e. The Kier molecular flexibility index (Phi) is 6.32. The number of hydrogen-bond donors (Lipinski definition) is 3. The standard InChI is InChI=1S/C32H43N5O5/c1-17(2)12-25-29(39)36-11-7-10-26(36)32(41)37(25)30(40)31(42-32,18(3)4)34-28(38)20-13-22-21-8-6-9-23-27(21)19(15-33-23)14-24(22)35(5)16-20/h6,8-9,15,17-18,20,22,24-26,33,41H,7,10-14,16H2,1-5H3,(H,34,38)/t20-,22+,24+,25-,26-,31-,32+/m1/s1. The van der Waals surface area contributed by atoms with Crippen LogP contribution in [0.25, 0.3) is 10.9 Å². The molecule has 0 bridgehead atoms. The van der Waals surface area contributed by atoms with Crippen molar-refractivity contribution in [2.75, 3.05) is 20.1 Å². The molecule has 10 nitrogen and oxygen atoms in total. The summed E-state index contributed by atoms with van der Waals surface area (Å²) in [6.07, 6.45) is 5.36. The molecule has 4 aliphatic heterocycles. The van der Waals surface area contributed by atoms with Crippen molar-refractivity contribution in [3.05, 3.63) is 35.5 Å². The van der Waals surface area contributed by atoms with Crippen LogP contribution in [-0.2, 0) is 25.5 Å². The van der Waals surface area contributed by atoms with Crippen molar-refractivity contribution < 1.29 is 24.2 Å². The molecule has 226 valence electrons. The minimum absolute atomic E-state index is 0.116. The molecule has 5 aliphatic rings. The van der Waals surface area contributed by atoms with Crippen molar-refractivity contribution in [2.24, 2.45) is 17.8 Å². The molecular formula is C32H43N5O5. The normalized spacial score (nSPS) is 36.1. The van der Waals surface area contributed by atoms with E-state index < -0.39 is 35.5 Å². The SMILES string of the molecule is CC(C)C[C@@H]1C(=O)N2CCC[C@@H]2[C@]2(O)O[C@](NC(=O)[C@@H]3C[C@H]4c5cccc6[nH]cc(c56)C[C@@H]4N(C)C3)(C(C)C)C(=O)N12. The summed E-state index contributed by atoms with van der Waals surface area (Å²) < 4.78 is 6.45. The number of piperidine rings is 1. The van der Waals surface area contributed by atoms with Gasteiger partial charge in [0.1, 0.15) is 12.1 Å². The Balaban J connectivity index is 1.20. The number of ether oxygens (including phenoxy) is 1. The van der Waals surface area contributed by atoms with Crippen molar-refractivity contribution in [1.82, 2.24) is 25.0 Å². The van der Waals surface area contributed by atoms with E-state index in [-0.39, 0.29) is 35.6 Å². The second-order valence-electron chi connectivity index (χ2n) is 14.0. The fourth-order valence-electron chi connectivity index (χ4n) is 8.63. The van der Waals surface area contributed by atoms with Gasteiger partial charge in [-0.3, -0.25) is 24.0 Å².